The molecule has 0 saturated heterocycles. The van der Waals surface area contributed by atoms with Crippen molar-refractivity contribution < 1.29 is 4.79 Å². The van der Waals surface area contributed by atoms with Gasteiger partial charge in [-0.05, 0) is 24.3 Å². The number of carbonyl (C=O) groups excluding carboxylic acids is 1. The number of aromatic nitrogens is 2. The highest BCUT2D eigenvalue weighted by Crippen LogP contribution is 2.27. The zero-order valence-corrected chi connectivity index (χ0v) is 16.0. The van der Waals surface area contributed by atoms with Gasteiger partial charge >= 0.3 is 0 Å². The van der Waals surface area contributed by atoms with E-state index in [-0.39, 0.29) is 5.91 Å². The number of nitrogens with zero attached hydrogens (tertiary/aromatic N) is 2. The summed E-state index contributed by atoms with van der Waals surface area (Å²) >= 11 is 2.94. The van der Waals surface area contributed by atoms with Crippen molar-refractivity contribution in [3.05, 3.63) is 35.9 Å². The second kappa shape index (κ2) is 9.20. The van der Waals surface area contributed by atoms with Gasteiger partial charge in [0.25, 0.3) is 0 Å². The second-order valence-electron chi connectivity index (χ2n) is 6.44. The maximum Gasteiger partial charge on any atom is 0.230 e. The molecule has 0 bridgehead atoms. The highest BCUT2D eigenvalue weighted by atomic mass is 32.2. The molecule has 1 fully saturated rings. The van der Waals surface area contributed by atoms with E-state index in [0.29, 0.717) is 17.7 Å². The van der Waals surface area contributed by atoms with Gasteiger partial charge in [-0.25, -0.2) is 0 Å². The van der Waals surface area contributed by atoms with Crippen LogP contribution < -0.4 is 10.6 Å². The number of rotatable bonds is 7. The number of benzene rings is 1. The van der Waals surface area contributed by atoms with E-state index in [1.54, 1.807) is 0 Å². The first kappa shape index (κ1) is 18.2. The first-order valence-electron chi connectivity index (χ1n) is 8.74. The fraction of sp³-hybridized carbons (Fsp3) is 0.500. The predicted octanol–water partition coefficient (Wildman–Crippen LogP) is 3.94. The summed E-state index contributed by atoms with van der Waals surface area (Å²) in [5.41, 5.74) is 1.20. The van der Waals surface area contributed by atoms with Gasteiger partial charge < -0.3 is 10.6 Å². The van der Waals surface area contributed by atoms with Crippen molar-refractivity contribution in [3.63, 3.8) is 0 Å². The fourth-order valence-corrected chi connectivity index (χ4v) is 4.58. The molecule has 2 atom stereocenters. The molecular formula is C18H24N4OS2. The van der Waals surface area contributed by atoms with Crippen molar-refractivity contribution in [1.29, 1.82) is 0 Å². The molecule has 0 spiro atoms. The smallest absolute Gasteiger partial charge is 0.230 e. The molecule has 0 aliphatic heterocycles. The molecule has 5 nitrogen and oxygen atoms in total. The number of anilines is 1. The van der Waals surface area contributed by atoms with Crippen LogP contribution in [-0.2, 0) is 11.3 Å². The van der Waals surface area contributed by atoms with E-state index in [0.717, 1.165) is 22.4 Å². The summed E-state index contributed by atoms with van der Waals surface area (Å²) in [7, 11) is 0. The average molecular weight is 377 g/mol. The van der Waals surface area contributed by atoms with Gasteiger partial charge in [0.1, 0.15) is 0 Å². The number of thioether (sulfide) groups is 1. The minimum atomic E-state index is 0.0951. The molecule has 0 radical (unpaired) electrons. The molecule has 134 valence electrons. The van der Waals surface area contributed by atoms with Crippen LogP contribution in [0.4, 0.5) is 5.13 Å². The van der Waals surface area contributed by atoms with Crippen molar-refractivity contribution in [1.82, 2.24) is 15.5 Å². The lowest BCUT2D eigenvalue weighted by atomic mass is 9.86. The first-order valence-corrected chi connectivity index (χ1v) is 10.5. The van der Waals surface area contributed by atoms with Crippen LogP contribution >= 0.6 is 23.1 Å². The van der Waals surface area contributed by atoms with Gasteiger partial charge in [0.2, 0.25) is 11.0 Å². The van der Waals surface area contributed by atoms with Crippen LogP contribution in [0.5, 0.6) is 0 Å². The van der Waals surface area contributed by atoms with Gasteiger partial charge in [-0.2, -0.15) is 0 Å². The van der Waals surface area contributed by atoms with Crippen molar-refractivity contribution >= 4 is 34.1 Å². The number of hydrogen-bond donors (Lipinski definition) is 2. The van der Waals surface area contributed by atoms with E-state index in [9.17, 15) is 4.79 Å². The Morgan fingerprint density at radius 2 is 2.04 bits per heavy atom. The molecule has 2 aromatic rings. The van der Waals surface area contributed by atoms with E-state index < -0.39 is 0 Å². The summed E-state index contributed by atoms with van der Waals surface area (Å²) in [6.45, 7) is 2.95. The Balaban J connectivity index is 1.41. The highest BCUT2D eigenvalue weighted by Gasteiger charge is 2.22. The van der Waals surface area contributed by atoms with Gasteiger partial charge in [-0.1, -0.05) is 73.2 Å². The lowest BCUT2D eigenvalue weighted by molar-refractivity contribution is -0.119. The Morgan fingerprint density at radius 3 is 2.84 bits per heavy atom. The van der Waals surface area contributed by atoms with E-state index in [1.165, 1.54) is 47.9 Å². The summed E-state index contributed by atoms with van der Waals surface area (Å²) in [4.78, 5) is 12.2. The van der Waals surface area contributed by atoms with Crippen LogP contribution in [0, 0.1) is 5.92 Å². The van der Waals surface area contributed by atoms with E-state index in [4.69, 9.17) is 0 Å². The van der Waals surface area contributed by atoms with Gasteiger partial charge in [-0.3, -0.25) is 4.79 Å². The lowest BCUT2D eigenvalue weighted by Gasteiger charge is -2.29. The monoisotopic (exact) mass is 376 g/mol. The summed E-state index contributed by atoms with van der Waals surface area (Å²) in [6, 6.07) is 10.5. The maximum atomic E-state index is 12.2. The molecular weight excluding hydrogens is 352 g/mol. The molecule has 1 heterocycles. The van der Waals surface area contributed by atoms with Crippen LogP contribution in [-0.4, -0.2) is 27.9 Å². The van der Waals surface area contributed by atoms with Crippen LogP contribution in [0.15, 0.2) is 34.7 Å². The third-order valence-corrected chi connectivity index (χ3v) is 6.49. The molecule has 2 N–H and O–H groups in total. The van der Waals surface area contributed by atoms with Crippen LogP contribution in [0.3, 0.4) is 0 Å². The predicted molar refractivity (Wildman–Crippen MR) is 104 cm³/mol. The summed E-state index contributed by atoms with van der Waals surface area (Å²) in [6.07, 6.45) is 4.82. The quantitative estimate of drug-likeness (QED) is 0.717. The number of carbonyl (C=O) groups is 1. The van der Waals surface area contributed by atoms with E-state index in [2.05, 4.69) is 39.9 Å². The minimum absolute atomic E-state index is 0.0951. The van der Waals surface area contributed by atoms with E-state index >= 15 is 0 Å². The molecule has 1 aromatic carbocycles. The van der Waals surface area contributed by atoms with Gasteiger partial charge in [0.05, 0.1) is 5.75 Å². The molecule has 1 aromatic heterocycles. The lowest BCUT2D eigenvalue weighted by Crippen LogP contribution is -2.41. The number of hydrogen-bond acceptors (Lipinski definition) is 6. The molecule has 1 aliphatic rings. The van der Waals surface area contributed by atoms with Crippen molar-refractivity contribution in [2.45, 2.75) is 49.5 Å². The maximum absolute atomic E-state index is 12.2. The Hall–Kier alpha value is -1.60. The Kier molecular flexibility index (Phi) is 6.69. The van der Waals surface area contributed by atoms with Crippen molar-refractivity contribution in [3.8, 4) is 0 Å². The fourth-order valence-electron chi connectivity index (χ4n) is 3.02. The highest BCUT2D eigenvalue weighted by molar-refractivity contribution is 8.01. The summed E-state index contributed by atoms with van der Waals surface area (Å²) in [5.74, 6) is 1.08. The average Bonchev–Trinajstić information content (AvgIpc) is 3.09. The zero-order chi connectivity index (χ0) is 17.5. The summed E-state index contributed by atoms with van der Waals surface area (Å²) in [5, 5.41) is 15.5. The number of amides is 1. The topological polar surface area (TPSA) is 66.9 Å². The third kappa shape index (κ3) is 5.71. The molecule has 1 saturated carbocycles. The molecule has 1 aliphatic carbocycles. The molecule has 1 amide bonds. The van der Waals surface area contributed by atoms with Gasteiger partial charge in [-0.15, -0.1) is 10.2 Å². The first-order chi connectivity index (χ1) is 12.2. The van der Waals surface area contributed by atoms with E-state index in [1.807, 2.05) is 18.2 Å². The zero-order valence-electron chi connectivity index (χ0n) is 14.4. The normalized spacial score (nSPS) is 20.2. The second-order valence-corrected chi connectivity index (χ2v) is 8.64. The van der Waals surface area contributed by atoms with Crippen molar-refractivity contribution in [2.24, 2.45) is 5.92 Å². The summed E-state index contributed by atoms with van der Waals surface area (Å²) < 4.78 is 0.822. The third-order valence-electron chi connectivity index (χ3n) is 4.48. The van der Waals surface area contributed by atoms with Crippen LogP contribution in [0.2, 0.25) is 0 Å². The van der Waals surface area contributed by atoms with Gasteiger partial charge in [0, 0.05) is 12.6 Å². The van der Waals surface area contributed by atoms with Crippen molar-refractivity contribution in [2.75, 3.05) is 11.1 Å². The Bertz CT molecular complexity index is 677. The molecule has 25 heavy (non-hydrogen) atoms. The molecule has 0 unspecified atom stereocenters. The minimum Gasteiger partial charge on any atom is -0.356 e. The molecule has 3 rings (SSSR count). The molecule has 7 heteroatoms. The Morgan fingerprint density at radius 1 is 1.24 bits per heavy atom. The SMILES string of the molecule is C[C@@H]1CCCC[C@H]1NC(=O)CSc1nnc(NCc2ccccc2)s1. The number of nitrogens with one attached hydrogen (secondary N) is 2. The van der Waals surface area contributed by atoms with Gasteiger partial charge in [0.15, 0.2) is 4.34 Å². The standard InChI is InChI=1S/C18H24N4OS2/c1-13-7-5-6-10-15(13)20-16(23)12-24-18-22-21-17(25-18)19-11-14-8-3-2-4-9-14/h2-4,8-9,13,15H,5-7,10-12H2,1H3,(H,19,21)(H,20,23)/t13-,15-/m1/s1. The van der Waals surface area contributed by atoms with Crippen LogP contribution in [0.1, 0.15) is 38.2 Å². The largest absolute Gasteiger partial charge is 0.356 e. The van der Waals surface area contributed by atoms with Crippen LogP contribution in [0.25, 0.3) is 0 Å². The Labute approximate surface area is 157 Å².